The largest absolute Gasteiger partial charge is 0.370 e. The summed E-state index contributed by atoms with van der Waals surface area (Å²) in [5.74, 6) is 3.23. The molecule has 0 radical (unpaired) electrons. The van der Waals surface area contributed by atoms with Crippen LogP contribution in [0.3, 0.4) is 0 Å². The molecule has 0 bridgehead atoms. The van der Waals surface area contributed by atoms with Gasteiger partial charge in [-0.3, -0.25) is 0 Å². The van der Waals surface area contributed by atoms with Crippen molar-refractivity contribution in [3.8, 4) is 0 Å². The van der Waals surface area contributed by atoms with Crippen LogP contribution in [-0.4, -0.2) is 26.1 Å². The summed E-state index contributed by atoms with van der Waals surface area (Å²) in [5.41, 5.74) is 2.54. The van der Waals surface area contributed by atoms with Crippen LogP contribution in [0.25, 0.3) is 5.78 Å². The Bertz CT molecular complexity index is 602. The van der Waals surface area contributed by atoms with Gasteiger partial charge in [0, 0.05) is 12.1 Å². The molecule has 3 rings (SSSR count). The fourth-order valence-corrected chi connectivity index (χ4v) is 2.84. The lowest BCUT2D eigenvalue weighted by molar-refractivity contribution is 0.490. The van der Waals surface area contributed by atoms with Crippen molar-refractivity contribution in [2.24, 2.45) is 11.8 Å². The van der Waals surface area contributed by atoms with Crippen LogP contribution < -0.4 is 5.32 Å². The number of rotatable bonds is 4. The minimum absolute atomic E-state index is 0.700. The molecule has 0 fully saturated rings. The smallest absolute Gasteiger partial charge is 0.254 e. The average Bonchev–Trinajstić information content (AvgIpc) is 2.85. The fraction of sp³-hybridized carbons (Fsp3) is 0.667. The number of hydrogen-bond acceptors (Lipinski definition) is 4. The van der Waals surface area contributed by atoms with E-state index in [2.05, 4.69) is 41.2 Å². The first-order valence-corrected chi connectivity index (χ1v) is 7.60. The highest BCUT2D eigenvalue weighted by molar-refractivity contribution is 5.53. The Morgan fingerprint density at radius 1 is 1.45 bits per heavy atom. The maximum Gasteiger partial charge on any atom is 0.254 e. The van der Waals surface area contributed by atoms with Gasteiger partial charge in [-0.25, -0.2) is 4.98 Å². The van der Waals surface area contributed by atoms with Crippen molar-refractivity contribution in [3.05, 3.63) is 17.6 Å². The Hall–Kier alpha value is -1.65. The van der Waals surface area contributed by atoms with Gasteiger partial charge in [-0.15, -0.1) is 0 Å². The SMILES string of the molecule is CC(C)CCNc1c2c(nc3ncnn13)C[C@H](C)CC2. The highest BCUT2D eigenvalue weighted by atomic mass is 15.4. The second-order valence-electron chi connectivity index (χ2n) is 6.31. The van der Waals surface area contributed by atoms with Gasteiger partial charge in [0.15, 0.2) is 0 Å². The van der Waals surface area contributed by atoms with Gasteiger partial charge in [-0.2, -0.15) is 14.6 Å². The van der Waals surface area contributed by atoms with Gasteiger partial charge >= 0.3 is 0 Å². The molecule has 108 valence electrons. The summed E-state index contributed by atoms with van der Waals surface area (Å²) in [7, 11) is 0. The van der Waals surface area contributed by atoms with Crippen molar-refractivity contribution < 1.29 is 0 Å². The van der Waals surface area contributed by atoms with E-state index in [1.807, 2.05) is 4.52 Å². The first kappa shape index (κ1) is 13.3. The van der Waals surface area contributed by atoms with Crippen LogP contribution in [0.4, 0.5) is 5.82 Å². The Labute approximate surface area is 119 Å². The van der Waals surface area contributed by atoms with Crippen LogP contribution in [0.2, 0.25) is 0 Å². The molecule has 1 atom stereocenters. The molecule has 0 unspecified atom stereocenters. The van der Waals surface area contributed by atoms with Crippen LogP contribution in [0, 0.1) is 11.8 Å². The Morgan fingerprint density at radius 2 is 2.30 bits per heavy atom. The number of nitrogens with one attached hydrogen (secondary N) is 1. The number of anilines is 1. The third-order valence-corrected chi connectivity index (χ3v) is 4.05. The van der Waals surface area contributed by atoms with Gasteiger partial charge < -0.3 is 5.32 Å². The summed E-state index contributed by atoms with van der Waals surface area (Å²) in [6.07, 6.45) is 6.11. The molecule has 1 N–H and O–H groups in total. The summed E-state index contributed by atoms with van der Waals surface area (Å²) >= 11 is 0. The molecule has 0 aliphatic heterocycles. The molecule has 1 aliphatic carbocycles. The normalized spacial score (nSPS) is 18.5. The molecule has 0 amide bonds. The summed E-state index contributed by atoms with van der Waals surface area (Å²) in [6, 6.07) is 0. The van der Waals surface area contributed by atoms with Crippen LogP contribution in [-0.2, 0) is 12.8 Å². The first-order valence-electron chi connectivity index (χ1n) is 7.60. The molecule has 0 spiro atoms. The highest BCUT2D eigenvalue weighted by Gasteiger charge is 2.22. The van der Waals surface area contributed by atoms with E-state index in [1.165, 1.54) is 17.7 Å². The summed E-state index contributed by atoms with van der Waals surface area (Å²) in [6.45, 7) is 7.76. The number of fused-ring (bicyclic) bond motifs is 2. The van der Waals surface area contributed by atoms with Gasteiger partial charge in [0.05, 0.1) is 5.69 Å². The van der Waals surface area contributed by atoms with Crippen LogP contribution in [0.15, 0.2) is 6.33 Å². The van der Waals surface area contributed by atoms with Crippen molar-refractivity contribution in [3.63, 3.8) is 0 Å². The molecule has 0 saturated carbocycles. The summed E-state index contributed by atoms with van der Waals surface area (Å²) < 4.78 is 1.86. The van der Waals surface area contributed by atoms with Crippen LogP contribution in [0.1, 0.15) is 44.9 Å². The van der Waals surface area contributed by atoms with Crippen molar-refractivity contribution in [1.29, 1.82) is 0 Å². The lowest BCUT2D eigenvalue weighted by atomic mass is 9.88. The molecule has 0 saturated heterocycles. The lowest BCUT2D eigenvalue weighted by Gasteiger charge is -2.23. The molecule has 2 heterocycles. The van der Waals surface area contributed by atoms with Crippen molar-refractivity contribution >= 4 is 11.6 Å². The molecule has 1 aliphatic rings. The molecular formula is C15H23N5. The molecule has 0 aromatic carbocycles. The zero-order valence-corrected chi connectivity index (χ0v) is 12.6. The minimum atomic E-state index is 0.700. The third-order valence-electron chi connectivity index (χ3n) is 4.05. The Kier molecular flexibility index (Phi) is 3.59. The van der Waals surface area contributed by atoms with Crippen LogP contribution >= 0.6 is 0 Å². The maximum absolute atomic E-state index is 4.68. The number of aromatic nitrogens is 4. The van der Waals surface area contributed by atoms with E-state index in [0.29, 0.717) is 17.6 Å². The standard InChI is InChI=1S/C15H23N5/c1-10(2)6-7-16-14-12-5-4-11(3)8-13(12)19-15-17-9-18-20(14)15/h9-11,16H,4-8H2,1-3H3/t11-/m1/s1. The molecule has 2 aromatic rings. The predicted octanol–water partition coefficient (Wildman–Crippen LogP) is 2.71. The molecule has 5 nitrogen and oxygen atoms in total. The van der Waals surface area contributed by atoms with E-state index in [-0.39, 0.29) is 0 Å². The Balaban J connectivity index is 1.97. The zero-order chi connectivity index (χ0) is 14.1. The van der Waals surface area contributed by atoms with Crippen molar-refractivity contribution in [2.75, 3.05) is 11.9 Å². The molecule has 2 aromatic heterocycles. The summed E-state index contributed by atoms with van der Waals surface area (Å²) in [5, 5.41) is 7.89. The maximum atomic E-state index is 4.68. The second-order valence-corrected chi connectivity index (χ2v) is 6.31. The van der Waals surface area contributed by atoms with Gasteiger partial charge in [-0.1, -0.05) is 20.8 Å². The lowest BCUT2D eigenvalue weighted by Crippen LogP contribution is -2.19. The molecular weight excluding hydrogens is 250 g/mol. The quantitative estimate of drug-likeness (QED) is 0.930. The average molecular weight is 273 g/mol. The monoisotopic (exact) mass is 273 g/mol. The van der Waals surface area contributed by atoms with Crippen molar-refractivity contribution in [1.82, 2.24) is 19.6 Å². The second kappa shape index (κ2) is 5.38. The highest BCUT2D eigenvalue weighted by Crippen LogP contribution is 2.29. The van der Waals surface area contributed by atoms with E-state index >= 15 is 0 Å². The molecule has 20 heavy (non-hydrogen) atoms. The van der Waals surface area contributed by atoms with Crippen LogP contribution in [0.5, 0.6) is 0 Å². The zero-order valence-electron chi connectivity index (χ0n) is 12.6. The van der Waals surface area contributed by atoms with Crippen molar-refractivity contribution in [2.45, 2.75) is 46.5 Å². The van der Waals surface area contributed by atoms with E-state index < -0.39 is 0 Å². The molecule has 5 heteroatoms. The van der Waals surface area contributed by atoms with E-state index in [0.717, 1.165) is 31.6 Å². The van der Waals surface area contributed by atoms with E-state index in [1.54, 1.807) is 6.33 Å². The predicted molar refractivity (Wildman–Crippen MR) is 79.9 cm³/mol. The van der Waals surface area contributed by atoms with Gasteiger partial charge in [0.25, 0.3) is 5.78 Å². The van der Waals surface area contributed by atoms with Gasteiger partial charge in [0.2, 0.25) is 0 Å². The number of hydrogen-bond donors (Lipinski definition) is 1. The summed E-state index contributed by atoms with van der Waals surface area (Å²) in [4.78, 5) is 8.94. The first-order chi connectivity index (χ1) is 9.65. The topological polar surface area (TPSA) is 55.1 Å². The van der Waals surface area contributed by atoms with E-state index in [9.17, 15) is 0 Å². The van der Waals surface area contributed by atoms with Gasteiger partial charge in [-0.05, 0) is 37.5 Å². The Morgan fingerprint density at radius 3 is 3.10 bits per heavy atom. The minimum Gasteiger partial charge on any atom is -0.370 e. The number of nitrogens with zero attached hydrogens (tertiary/aromatic N) is 4. The fourth-order valence-electron chi connectivity index (χ4n) is 2.84. The van der Waals surface area contributed by atoms with E-state index in [4.69, 9.17) is 0 Å². The van der Waals surface area contributed by atoms with Gasteiger partial charge in [0.1, 0.15) is 12.1 Å². The third kappa shape index (κ3) is 2.49.